The van der Waals surface area contributed by atoms with Gasteiger partial charge in [0.25, 0.3) is 0 Å². The molecule has 2 aromatic carbocycles. The van der Waals surface area contributed by atoms with Gasteiger partial charge in [-0.25, -0.2) is 4.39 Å². The molecule has 0 aliphatic heterocycles. The topological polar surface area (TPSA) is 12.0 Å². The Kier molecular flexibility index (Phi) is 4.48. The molecule has 1 unspecified atom stereocenters. The minimum atomic E-state index is -0.157. The molecule has 0 saturated heterocycles. The van der Waals surface area contributed by atoms with Crippen LogP contribution in [0.5, 0.6) is 0 Å². The van der Waals surface area contributed by atoms with E-state index in [0.717, 1.165) is 18.5 Å². The molecule has 1 N–H and O–H groups in total. The van der Waals surface area contributed by atoms with Gasteiger partial charge in [0.15, 0.2) is 0 Å². The number of hydrogen-bond donors (Lipinski definition) is 1. The van der Waals surface area contributed by atoms with Crippen molar-refractivity contribution < 1.29 is 4.39 Å². The Morgan fingerprint density at radius 3 is 2.33 bits per heavy atom. The van der Waals surface area contributed by atoms with Gasteiger partial charge < -0.3 is 5.32 Å². The van der Waals surface area contributed by atoms with Crippen molar-refractivity contribution in [3.63, 3.8) is 0 Å². The maximum atomic E-state index is 13.9. The summed E-state index contributed by atoms with van der Waals surface area (Å²) in [5.74, 6) is -0.157. The van der Waals surface area contributed by atoms with Crippen molar-refractivity contribution >= 4 is 0 Å². The highest BCUT2D eigenvalue weighted by atomic mass is 19.1. The first-order valence-electron chi connectivity index (χ1n) is 6.35. The highest BCUT2D eigenvalue weighted by Crippen LogP contribution is 2.24. The van der Waals surface area contributed by atoms with Crippen LogP contribution in [0.1, 0.15) is 30.5 Å². The van der Waals surface area contributed by atoms with Gasteiger partial charge in [-0.2, -0.15) is 0 Å². The van der Waals surface area contributed by atoms with Crippen LogP contribution in [0.25, 0.3) is 0 Å². The Labute approximate surface area is 108 Å². The van der Waals surface area contributed by atoms with E-state index in [1.165, 1.54) is 6.07 Å². The molecule has 0 amide bonds. The standard InChI is InChI=1S/C16H18FN/c1-2-12-18-16(13-8-4-3-5-9-13)14-10-6-7-11-15(14)17/h3-11,16,18H,2,12H2,1H3. The molecule has 2 heteroatoms. The Morgan fingerprint density at radius 2 is 1.67 bits per heavy atom. The fourth-order valence-electron chi connectivity index (χ4n) is 2.05. The van der Waals surface area contributed by atoms with E-state index in [0.29, 0.717) is 5.56 Å². The summed E-state index contributed by atoms with van der Waals surface area (Å²) in [6, 6.07) is 16.9. The summed E-state index contributed by atoms with van der Waals surface area (Å²) in [5, 5.41) is 3.40. The molecule has 0 heterocycles. The third kappa shape index (κ3) is 2.96. The molecule has 0 bridgehead atoms. The summed E-state index contributed by atoms with van der Waals surface area (Å²) in [6.45, 7) is 2.98. The van der Waals surface area contributed by atoms with Crippen LogP contribution in [0.4, 0.5) is 4.39 Å². The normalized spacial score (nSPS) is 12.3. The quantitative estimate of drug-likeness (QED) is 0.839. The molecule has 0 fully saturated rings. The zero-order valence-electron chi connectivity index (χ0n) is 10.6. The van der Waals surface area contributed by atoms with E-state index in [1.807, 2.05) is 42.5 Å². The Morgan fingerprint density at radius 1 is 1.00 bits per heavy atom. The molecule has 0 spiro atoms. The van der Waals surface area contributed by atoms with Crippen LogP contribution in [0, 0.1) is 5.82 Å². The lowest BCUT2D eigenvalue weighted by Crippen LogP contribution is -2.24. The smallest absolute Gasteiger partial charge is 0.128 e. The Hall–Kier alpha value is -1.67. The first-order valence-corrected chi connectivity index (χ1v) is 6.35. The molecule has 94 valence electrons. The molecule has 1 atom stereocenters. The van der Waals surface area contributed by atoms with Gasteiger partial charge in [-0.05, 0) is 24.6 Å². The van der Waals surface area contributed by atoms with Gasteiger partial charge in [0.1, 0.15) is 5.82 Å². The predicted octanol–water partition coefficient (Wildman–Crippen LogP) is 3.91. The van der Waals surface area contributed by atoms with Crippen LogP contribution in [-0.4, -0.2) is 6.54 Å². The molecule has 1 nitrogen and oxygen atoms in total. The van der Waals surface area contributed by atoms with Gasteiger partial charge in [-0.15, -0.1) is 0 Å². The van der Waals surface area contributed by atoms with Gasteiger partial charge in [0.2, 0.25) is 0 Å². The van der Waals surface area contributed by atoms with Crippen LogP contribution < -0.4 is 5.32 Å². The van der Waals surface area contributed by atoms with Crippen molar-refractivity contribution in [2.24, 2.45) is 0 Å². The van der Waals surface area contributed by atoms with Gasteiger partial charge >= 0.3 is 0 Å². The molecule has 18 heavy (non-hydrogen) atoms. The number of benzene rings is 2. The molecule has 0 aliphatic carbocycles. The lowest BCUT2D eigenvalue weighted by molar-refractivity contribution is 0.547. The third-order valence-corrected chi connectivity index (χ3v) is 2.95. The SMILES string of the molecule is CCCNC(c1ccccc1)c1ccccc1F. The molecular formula is C16H18FN. The maximum absolute atomic E-state index is 13.9. The lowest BCUT2D eigenvalue weighted by atomic mass is 9.98. The second-order valence-electron chi connectivity index (χ2n) is 4.32. The number of halogens is 1. The van der Waals surface area contributed by atoms with Crippen LogP contribution in [0.15, 0.2) is 54.6 Å². The predicted molar refractivity (Wildman–Crippen MR) is 73.0 cm³/mol. The minimum absolute atomic E-state index is 0.0765. The molecular weight excluding hydrogens is 225 g/mol. The lowest BCUT2D eigenvalue weighted by Gasteiger charge is -2.20. The Balaban J connectivity index is 2.34. The summed E-state index contributed by atoms with van der Waals surface area (Å²) in [7, 11) is 0. The average molecular weight is 243 g/mol. The highest BCUT2D eigenvalue weighted by Gasteiger charge is 2.16. The van der Waals surface area contributed by atoms with Crippen molar-refractivity contribution in [2.75, 3.05) is 6.54 Å². The van der Waals surface area contributed by atoms with Gasteiger partial charge in [0, 0.05) is 5.56 Å². The van der Waals surface area contributed by atoms with Crippen molar-refractivity contribution in [1.29, 1.82) is 0 Å². The van der Waals surface area contributed by atoms with Gasteiger partial charge in [-0.1, -0.05) is 55.5 Å². The van der Waals surface area contributed by atoms with E-state index in [-0.39, 0.29) is 11.9 Å². The molecule has 0 saturated carbocycles. The zero-order valence-corrected chi connectivity index (χ0v) is 10.6. The monoisotopic (exact) mass is 243 g/mol. The summed E-state index contributed by atoms with van der Waals surface area (Å²) < 4.78 is 13.9. The van der Waals surface area contributed by atoms with Crippen molar-refractivity contribution in [3.05, 3.63) is 71.5 Å². The van der Waals surface area contributed by atoms with E-state index < -0.39 is 0 Å². The van der Waals surface area contributed by atoms with Crippen LogP contribution in [-0.2, 0) is 0 Å². The minimum Gasteiger partial charge on any atom is -0.306 e. The van der Waals surface area contributed by atoms with Gasteiger partial charge in [0.05, 0.1) is 6.04 Å². The fourth-order valence-corrected chi connectivity index (χ4v) is 2.05. The van der Waals surface area contributed by atoms with E-state index in [4.69, 9.17) is 0 Å². The zero-order chi connectivity index (χ0) is 12.8. The second-order valence-corrected chi connectivity index (χ2v) is 4.32. The summed E-state index contributed by atoms with van der Waals surface area (Å²) in [5.41, 5.74) is 1.80. The highest BCUT2D eigenvalue weighted by molar-refractivity contribution is 5.32. The van der Waals surface area contributed by atoms with Gasteiger partial charge in [-0.3, -0.25) is 0 Å². The van der Waals surface area contributed by atoms with E-state index in [2.05, 4.69) is 12.2 Å². The van der Waals surface area contributed by atoms with Crippen molar-refractivity contribution in [3.8, 4) is 0 Å². The summed E-state index contributed by atoms with van der Waals surface area (Å²) in [6.07, 6.45) is 1.03. The molecule has 0 aliphatic rings. The first-order chi connectivity index (χ1) is 8.83. The average Bonchev–Trinajstić information content (AvgIpc) is 2.42. The third-order valence-electron chi connectivity index (χ3n) is 2.95. The molecule has 2 rings (SSSR count). The number of nitrogens with one attached hydrogen (secondary N) is 1. The largest absolute Gasteiger partial charge is 0.306 e. The summed E-state index contributed by atoms with van der Waals surface area (Å²) >= 11 is 0. The molecule has 0 aromatic heterocycles. The Bertz CT molecular complexity index is 481. The van der Waals surface area contributed by atoms with E-state index in [1.54, 1.807) is 6.07 Å². The van der Waals surface area contributed by atoms with Crippen LogP contribution in [0.3, 0.4) is 0 Å². The number of rotatable bonds is 5. The van der Waals surface area contributed by atoms with Crippen LogP contribution in [0.2, 0.25) is 0 Å². The van der Waals surface area contributed by atoms with Crippen molar-refractivity contribution in [1.82, 2.24) is 5.32 Å². The van der Waals surface area contributed by atoms with E-state index in [9.17, 15) is 4.39 Å². The number of hydrogen-bond acceptors (Lipinski definition) is 1. The van der Waals surface area contributed by atoms with E-state index >= 15 is 0 Å². The first kappa shape index (κ1) is 12.8. The summed E-state index contributed by atoms with van der Waals surface area (Å²) in [4.78, 5) is 0. The maximum Gasteiger partial charge on any atom is 0.128 e. The van der Waals surface area contributed by atoms with Crippen LogP contribution >= 0.6 is 0 Å². The second kappa shape index (κ2) is 6.31. The van der Waals surface area contributed by atoms with Crippen molar-refractivity contribution in [2.45, 2.75) is 19.4 Å². The molecule has 2 aromatic rings. The molecule has 0 radical (unpaired) electrons. The fraction of sp³-hybridized carbons (Fsp3) is 0.250.